The molecule has 0 aliphatic heterocycles. The summed E-state index contributed by atoms with van der Waals surface area (Å²) in [7, 11) is 3.22. The predicted molar refractivity (Wildman–Crippen MR) is 153 cm³/mol. The molecule has 0 saturated carbocycles. The fourth-order valence-corrected chi connectivity index (χ4v) is 5.20. The van der Waals surface area contributed by atoms with Crippen LogP contribution >= 0.6 is 11.3 Å². The molecule has 2 N–H and O–H groups in total. The van der Waals surface area contributed by atoms with Gasteiger partial charge in [0.15, 0.2) is 16.6 Å². The largest absolute Gasteiger partial charge is 0.493 e. The number of hydrogen-bond donors (Lipinski definition) is 2. The van der Waals surface area contributed by atoms with Crippen LogP contribution in [0.1, 0.15) is 27.3 Å². The van der Waals surface area contributed by atoms with Gasteiger partial charge in [0.1, 0.15) is 5.69 Å². The molecule has 5 aromatic rings. The number of aromatic nitrogens is 2. The highest BCUT2D eigenvalue weighted by Crippen LogP contribution is 2.28. The molecule has 0 saturated heterocycles. The molecule has 2 heterocycles. The summed E-state index contributed by atoms with van der Waals surface area (Å²) in [6.07, 6.45) is 0.671. The van der Waals surface area contributed by atoms with E-state index >= 15 is 0 Å². The van der Waals surface area contributed by atoms with Gasteiger partial charge in [-0.15, -0.1) is 11.3 Å². The van der Waals surface area contributed by atoms with Crippen molar-refractivity contribution in [1.82, 2.24) is 14.9 Å². The Labute approximate surface area is 226 Å². The number of hydrogen-bond acceptors (Lipinski definition) is 6. The maximum atomic E-state index is 12.7. The number of carbonyl (C=O) groups excluding carboxylic acids is 1. The van der Waals surface area contributed by atoms with Gasteiger partial charge < -0.3 is 24.7 Å². The first-order valence-electron chi connectivity index (χ1n) is 12.4. The Morgan fingerprint density at radius 1 is 0.974 bits per heavy atom. The van der Waals surface area contributed by atoms with Crippen molar-refractivity contribution in [2.24, 2.45) is 0 Å². The van der Waals surface area contributed by atoms with Crippen LogP contribution in [0.4, 0.5) is 5.13 Å². The van der Waals surface area contributed by atoms with Gasteiger partial charge in [0.25, 0.3) is 5.91 Å². The van der Waals surface area contributed by atoms with E-state index in [0.717, 1.165) is 22.5 Å². The van der Waals surface area contributed by atoms with E-state index in [1.165, 1.54) is 22.3 Å². The zero-order chi connectivity index (χ0) is 26.5. The SMILES string of the molecule is COc1ccc(CCNC(=O)c2csc(NCc3cc4ccccc4n3-c3ccccc3C)n2)cc1OC. The van der Waals surface area contributed by atoms with E-state index in [1.54, 1.807) is 19.6 Å². The fraction of sp³-hybridized carbons (Fsp3) is 0.200. The Kier molecular flexibility index (Phi) is 7.60. The van der Waals surface area contributed by atoms with E-state index in [9.17, 15) is 4.79 Å². The van der Waals surface area contributed by atoms with Crippen LogP contribution in [0.5, 0.6) is 11.5 Å². The summed E-state index contributed by atoms with van der Waals surface area (Å²) in [6, 6.07) is 24.7. The standard InChI is InChI=1S/C30H30N4O3S/c1-20-8-4-6-10-25(20)34-23(17-22-9-5-7-11-26(22)34)18-32-30-33-24(19-38-30)29(35)31-15-14-21-12-13-27(36-2)28(16-21)37-3/h4-13,16-17,19H,14-15,18H2,1-3H3,(H,31,35)(H,32,33). The first-order chi connectivity index (χ1) is 18.6. The van der Waals surface area contributed by atoms with Crippen LogP contribution in [0, 0.1) is 6.92 Å². The number of aryl methyl sites for hydroxylation is 1. The second-order valence-electron chi connectivity index (χ2n) is 8.90. The number of nitrogens with zero attached hydrogens (tertiary/aromatic N) is 2. The summed E-state index contributed by atoms with van der Waals surface area (Å²) in [5.74, 6) is 1.17. The average molecular weight is 527 g/mol. The number of benzene rings is 3. The molecule has 38 heavy (non-hydrogen) atoms. The molecule has 7 nitrogen and oxygen atoms in total. The van der Waals surface area contributed by atoms with Gasteiger partial charge in [-0.1, -0.05) is 42.5 Å². The van der Waals surface area contributed by atoms with Crippen molar-refractivity contribution in [3.63, 3.8) is 0 Å². The molecule has 8 heteroatoms. The maximum Gasteiger partial charge on any atom is 0.270 e. The van der Waals surface area contributed by atoms with Crippen LogP contribution in [0.25, 0.3) is 16.6 Å². The predicted octanol–water partition coefficient (Wildman–Crippen LogP) is 6.00. The molecule has 1 amide bonds. The summed E-state index contributed by atoms with van der Waals surface area (Å²) < 4.78 is 12.9. The molecule has 0 bridgehead atoms. The number of methoxy groups -OCH3 is 2. The molecule has 0 fully saturated rings. The molecule has 0 unspecified atom stereocenters. The topological polar surface area (TPSA) is 77.4 Å². The lowest BCUT2D eigenvalue weighted by atomic mass is 10.1. The monoisotopic (exact) mass is 526 g/mol. The van der Waals surface area contributed by atoms with E-state index in [2.05, 4.69) is 81.7 Å². The fourth-order valence-electron chi connectivity index (χ4n) is 4.51. The first-order valence-corrected chi connectivity index (χ1v) is 13.3. The minimum atomic E-state index is -0.191. The highest BCUT2D eigenvalue weighted by Gasteiger charge is 2.14. The zero-order valence-corrected chi connectivity index (χ0v) is 22.5. The number of ether oxygens (including phenoxy) is 2. The van der Waals surface area contributed by atoms with Crippen LogP contribution in [-0.2, 0) is 13.0 Å². The Hall–Kier alpha value is -4.30. The van der Waals surface area contributed by atoms with Gasteiger partial charge in [-0.25, -0.2) is 4.98 Å². The van der Waals surface area contributed by atoms with E-state index < -0.39 is 0 Å². The van der Waals surface area contributed by atoms with Gasteiger partial charge in [-0.2, -0.15) is 0 Å². The van der Waals surface area contributed by atoms with Crippen molar-refractivity contribution < 1.29 is 14.3 Å². The van der Waals surface area contributed by atoms with E-state index in [1.807, 2.05) is 18.2 Å². The van der Waals surface area contributed by atoms with Crippen LogP contribution in [0.3, 0.4) is 0 Å². The number of para-hydroxylation sites is 2. The lowest BCUT2D eigenvalue weighted by Gasteiger charge is -2.14. The van der Waals surface area contributed by atoms with Gasteiger partial charge in [0, 0.05) is 28.7 Å². The molecule has 0 spiro atoms. The number of nitrogens with one attached hydrogen (secondary N) is 2. The third-order valence-electron chi connectivity index (χ3n) is 6.45. The minimum Gasteiger partial charge on any atom is -0.493 e. The minimum absolute atomic E-state index is 0.191. The van der Waals surface area contributed by atoms with Crippen LogP contribution < -0.4 is 20.1 Å². The molecule has 2 aromatic heterocycles. The van der Waals surface area contributed by atoms with Crippen molar-refractivity contribution >= 4 is 33.3 Å². The molecule has 0 aliphatic carbocycles. The molecular weight excluding hydrogens is 496 g/mol. The normalized spacial score (nSPS) is 10.9. The molecule has 194 valence electrons. The summed E-state index contributed by atoms with van der Waals surface area (Å²) in [6.45, 7) is 3.19. The summed E-state index contributed by atoms with van der Waals surface area (Å²) in [5, 5.41) is 10.0. The number of rotatable bonds is 10. The van der Waals surface area contributed by atoms with Gasteiger partial charge in [0.05, 0.1) is 26.3 Å². The molecule has 3 aromatic carbocycles. The zero-order valence-electron chi connectivity index (χ0n) is 21.7. The Morgan fingerprint density at radius 3 is 2.58 bits per heavy atom. The molecular formula is C30H30N4O3S. The molecule has 0 radical (unpaired) electrons. The second kappa shape index (κ2) is 11.4. The van der Waals surface area contributed by atoms with Crippen LogP contribution in [0.2, 0.25) is 0 Å². The van der Waals surface area contributed by atoms with Crippen molar-refractivity contribution in [3.05, 3.63) is 101 Å². The van der Waals surface area contributed by atoms with Crippen molar-refractivity contribution in [2.45, 2.75) is 19.9 Å². The summed E-state index contributed by atoms with van der Waals surface area (Å²) >= 11 is 1.42. The number of amides is 1. The van der Waals surface area contributed by atoms with Gasteiger partial charge in [0.2, 0.25) is 0 Å². The van der Waals surface area contributed by atoms with Crippen LogP contribution in [-0.4, -0.2) is 36.2 Å². The van der Waals surface area contributed by atoms with Gasteiger partial charge in [-0.05, 0) is 54.8 Å². The summed E-state index contributed by atoms with van der Waals surface area (Å²) in [4.78, 5) is 17.2. The highest BCUT2D eigenvalue weighted by molar-refractivity contribution is 7.13. The van der Waals surface area contributed by atoms with Crippen molar-refractivity contribution in [3.8, 4) is 17.2 Å². The number of fused-ring (bicyclic) bond motifs is 1. The Morgan fingerprint density at radius 2 is 1.76 bits per heavy atom. The Bertz CT molecular complexity index is 1570. The third kappa shape index (κ3) is 5.35. The molecule has 5 rings (SSSR count). The second-order valence-corrected chi connectivity index (χ2v) is 9.76. The number of carbonyl (C=O) groups is 1. The van der Waals surface area contributed by atoms with Gasteiger partial charge in [-0.3, -0.25) is 4.79 Å². The third-order valence-corrected chi connectivity index (χ3v) is 7.25. The molecule has 0 aliphatic rings. The lowest BCUT2D eigenvalue weighted by molar-refractivity contribution is 0.0950. The van der Waals surface area contributed by atoms with E-state index in [-0.39, 0.29) is 5.91 Å². The quantitative estimate of drug-likeness (QED) is 0.234. The van der Waals surface area contributed by atoms with E-state index in [0.29, 0.717) is 41.8 Å². The van der Waals surface area contributed by atoms with Crippen LogP contribution in [0.15, 0.2) is 78.2 Å². The maximum absolute atomic E-state index is 12.7. The van der Waals surface area contributed by atoms with Gasteiger partial charge >= 0.3 is 0 Å². The molecule has 0 atom stereocenters. The highest BCUT2D eigenvalue weighted by atomic mass is 32.1. The number of thiazole rings is 1. The van der Waals surface area contributed by atoms with E-state index in [4.69, 9.17) is 9.47 Å². The number of anilines is 1. The Balaban J connectivity index is 1.23. The average Bonchev–Trinajstić information content (AvgIpc) is 3.57. The summed E-state index contributed by atoms with van der Waals surface area (Å²) in [5.41, 5.74) is 6.09. The van der Waals surface area contributed by atoms with Crippen molar-refractivity contribution in [2.75, 3.05) is 26.1 Å². The smallest absolute Gasteiger partial charge is 0.270 e. The van der Waals surface area contributed by atoms with Crippen molar-refractivity contribution in [1.29, 1.82) is 0 Å². The first kappa shape index (κ1) is 25.4. The lowest BCUT2D eigenvalue weighted by Crippen LogP contribution is -2.26.